The first-order valence-corrected chi connectivity index (χ1v) is 12.5. The Morgan fingerprint density at radius 1 is 0.865 bits per heavy atom. The van der Waals surface area contributed by atoms with Gasteiger partial charge in [0.2, 0.25) is 0 Å². The summed E-state index contributed by atoms with van der Waals surface area (Å²) < 4.78 is 12.2. The summed E-state index contributed by atoms with van der Waals surface area (Å²) in [6.07, 6.45) is 4.10. The zero-order valence-electron chi connectivity index (χ0n) is 21.6. The molecule has 0 amide bonds. The molecule has 1 atom stereocenters. The Hall–Kier alpha value is -4.18. The minimum absolute atomic E-state index is 0.0641. The minimum Gasteiger partial charge on any atom is -0.472 e. The fourth-order valence-corrected chi connectivity index (χ4v) is 5.03. The molecule has 1 aliphatic rings. The van der Waals surface area contributed by atoms with Crippen molar-refractivity contribution in [3.63, 3.8) is 0 Å². The summed E-state index contributed by atoms with van der Waals surface area (Å²) >= 11 is 0. The number of ketones is 1. The standard InChI is InChI=1S/C33H30O4/c1-21(2)29(34)20-28-25-12-8-9-13-26(25)31-27(30(28)32(35)36-4)18-19-33(37-31,23-10-6-5-7-11-23)24-16-14-22(3)15-17-24/h5-19,21H,20H2,1-4H3. The van der Waals surface area contributed by atoms with Crippen LogP contribution in [0, 0.1) is 12.8 Å². The molecule has 0 bridgehead atoms. The Morgan fingerprint density at radius 2 is 1.49 bits per heavy atom. The van der Waals surface area contributed by atoms with E-state index in [0.29, 0.717) is 22.4 Å². The molecule has 4 nitrogen and oxygen atoms in total. The van der Waals surface area contributed by atoms with Crippen LogP contribution in [0.1, 0.15) is 52.0 Å². The van der Waals surface area contributed by atoms with Gasteiger partial charge in [-0.1, -0.05) is 98.3 Å². The summed E-state index contributed by atoms with van der Waals surface area (Å²) in [5, 5.41) is 1.67. The third-order valence-electron chi connectivity index (χ3n) is 7.13. The van der Waals surface area contributed by atoms with E-state index in [-0.39, 0.29) is 18.1 Å². The zero-order chi connectivity index (χ0) is 26.2. The van der Waals surface area contributed by atoms with Crippen LogP contribution in [-0.4, -0.2) is 18.9 Å². The molecule has 0 saturated heterocycles. The lowest BCUT2D eigenvalue weighted by Gasteiger charge is -2.37. The van der Waals surface area contributed by atoms with Crippen molar-refractivity contribution in [1.82, 2.24) is 0 Å². The average molecular weight is 491 g/mol. The van der Waals surface area contributed by atoms with Gasteiger partial charge in [0.15, 0.2) is 5.60 Å². The van der Waals surface area contributed by atoms with E-state index in [0.717, 1.165) is 27.5 Å². The number of ether oxygens (including phenoxy) is 2. The van der Waals surface area contributed by atoms with E-state index in [1.807, 2.05) is 80.6 Å². The Labute approximate surface area is 217 Å². The SMILES string of the molecule is COC(=O)c1c2c(c3ccccc3c1CC(=O)C(C)C)OC(c1ccccc1)(c1ccc(C)cc1)C=C2. The van der Waals surface area contributed by atoms with Crippen LogP contribution in [0.5, 0.6) is 5.75 Å². The molecule has 1 unspecified atom stereocenters. The summed E-state index contributed by atoms with van der Waals surface area (Å²) in [4.78, 5) is 26.1. The van der Waals surface area contributed by atoms with Crippen molar-refractivity contribution in [3.8, 4) is 5.75 Å². The van der Waals surface area contributed by atoms with Gasteiger partial charge in [-0.15, -0.1) is 0 Å². The van der Waals surface area contributed by atoms with Crippen molar-refractivity contribution in [2.24, 2.45) is 5.92 Å². The molecule has 0 radical (unpaired) electrons. The second-order valence-electron chi connectivity index (χ2n) is 9.83. The van der Waals surface area contributed by atoms with E-state index in [4.69, 9.17) is 9.47 Å². The third-order valence-corrected chi connectivity index (χ3v) is 7.13. The summed E-state index contributed by atoms with van der Waals surface area (Å²) in [7, 11) is 1.37. The summed E-state index contributed by atoms with van der Waals surface area (Å²) in [5.74, 6) is 0.0293. The van der Waals surface area contributed by atoms with Crippen molar-refractivity contribution in [2.45, 2.75) is 32.8 Å². The molecule has 4 aromatic rings. The van der Waals surface area contributed by atoms with E-state index < -0.39 is 11.6 Å². The Morgan fingerprint density at radius 3 is 2.14 bits per heavy atom. The number of rotatable bonds is 6. The van der Waals surface area contributed by atoms with Crippen LogP contribution in [-0.2, 0) is 21.6 Å². The summed E-state index contributed by atoms with van der Waals surface area (Å²) in [6, 6.07) is 26.2. The Kier molecular flexibility index (Phi) is 6.43. The molecule has 37 heavy (non-hydrogen) atoms. The number of esters is 1. The number of methoxy groups -OCH3 is 1. The Bertz CT molecular complexity index is 1510. The topological polar surface area (TPSA) is 52.6 Å². The molecule has 4 heteroatoms. The molecule has 4 aromatic carbocycles. The molecule has 1 heterocycles. The number of carbonyl (C=O) groups is 2. The number of carbonyl (C=O) groups excluding carboxylic acids is 2. The summed E-state index contributed by atoms with van der Waals surface area (Å²) in [6.45, 7) is 5.81. The fraction of sp³-hybridized carbons (Fsp3) is 0.212. The Balaban J connectivity index is 1.82. The quantitative estimate of drug-likeness (QED) is 0.272. The zero-order valence-corrected chi connectivity index (χ0v) is 21.6. The van der Waals surface area contributed by atoms with Crippen LogP contribution in [0.3, 0.4) is 0 Å². The van der Waals surface area contributed by atoms with Crippen molar-refractivity contribution in [1.29, 1.82) is 0 Å². The molecule has 0 spiro atoms. The highest BCUT2D eigenvalue weighted by Crippen LogP contribution is 2.47. The van der Waals surface area contributed by atoms with Crippen LogP contribution in [0.4, 0.5) is 0 Å². The molecule has 0 aliphatic carbocycles. The van der Waals surface area contributed by atoms with Crippen LogP contribution < -0.4 is 4.74 Å². The van der Waals surface area contributed by atoms with Crippen molar-refractivity contribution >= 4 is 28.6 Å². The van der Waals surface area contributed by atoms with Crippen LogP contribution >= 0.6 is 0 Å². The first-order chi connectivity index (χ1) is 17.9. The largest absolute Gasteiger partial charge is 0.472 e. The van der Waals surface area contributed by atoms with Gasteiger partial charge in [0.05, 0.1) is 12.7 Å². The second-order valence-corrected chi connectivity index (χ2v) is 9.83. The normalized spacial score (nSPS) is 16.4. The average Bonchev–Trinajstić information content (AvgIpc) is 2.93. The lowest BCUT2D eigenvalue weighted by Crippen LogP contribution is -2.35. The second kappa shape index (κ2) is 9.70. The summed E-state index contributed by atoms with van der Waals surface area (Å²) in [5.41, 5.74) is 3.91. The smallest absolute Gasteiger partial charge is 0.338 e. The third kappa shape index (κ3) is 4.23. The predicted molar refractivity (Wildman–Crippen MR) is 147 cm³/mol. The highest BCUT2D eigenvalue weighted by Gasteiger charge is 2.39. The molecule has 0 fully saturated rings. The lowest BCUT2D eigenvalue weighted by atomic mass is 9.81. The van der Waals surface area contributed by atoms with E-state index >= 15 is 0 Å². The van der Waals surface area contributed by atoms with Gasteiger partial charge < -0.3 is 9.47 Å². The predicted octanol–water partition coefficient (Wildman–Crippen LogP) is 7.05. The molecule has 1 aliphatic heterocycles. The maximum Gasteiger partial charge on any atom is 0.338 e. The molecule has 0 N–H and O–H groups in total. The first kappa shape index (κ1) is 24.5. The van der Waals surface area contributed by atoms with Crippen molar-refractivity contribution < 1.29 is 19.1 Å². The van der Waals surface area contributed by atoms with Gasteiger partial charge in [-0.25, -0.2) is 4.79 Å². The first-order valence-electron chi connectivity index (χ1n) is 12.5. The van der Waals surface area contributed by atoms with Gasteiger partial charge in [0.25, 0.3) is 0 Å². The number of Topliss-reactive ketones (excluding diaryl/α,β-unsaturated/α-hetero) is 1. The number of benzene rings is 4. The van der Waals surface area contributed by atoms with Crippen molar-refractivity contribution in [2.75, 3.05) is 7.11 Å². The number of fused-ring (bicyclic) bond motifs is 3. The van der Waals surface area contributed by atoms with Gasteiger partial charge in [-0.3, -0.25) is 4.79 Å². The van der Waals surface area contributed by atoms with E-state index in [9.17, 15) is 9.59 Å². The molecule has 5 rings (SSSR count). The minimum atomic E-state index is -0.895. The number of aryl methyl sites for hydroxylation is 1. The van der Waals surface area contributed by atoms with Crippen LogP contribution in [0.25, 0.3) is 16.8 Å². The van der Waals surface area contributed by atoms with E-state index in [1.165, 1.54) is 7.11 Å². The number of hydrogen-bond donors (Lipinski definition) is 0. The number of hydrogen-bond acceptors (Lipinski definition) is 4. The maximum absolute atomic E-state index is 13.2. The van der Waals surface area contributed by atoms with Crippen LogP contribution in [0.15, 0.2) is 84.9 Å². The maximum atomic E-state index is 13.2. The molecular weight excluding hydrogens is 460 g/mol. The molecule has 0 saturated carbocycles. The highest BCUT2D eigenvalue weighted by atomic mass is 16.5. The van der Waals surface area contributed by atoms with Crippen molar-refractivity contribution in [3.05, 3.63) is 118 Å². The van der Waals surface area contributed by atoms with Gasteiger partial charge in [-0.05, 0) is 30.0 Å². The lowest BCUT2D eigenvalue weighted by molar-refractivity contribution is -0.121. The molecule has 186 valence electrons. The van der Waals surface area contributed by atoms with Gasteiger partial charge >= 0.3 is 5.97 Å². The monoisotopic (exact) mass is 490 g/mol. The van der Waals surface area contributed by atoms with Crippen LogP contribution in [0.2, 0.25) is 0 Å². The van der Waals surface area contributed by atoms with E-state index in [2.05, 4.69) is 31.2 Å². The van der Waals surface area contributed by atoms with Gasteiger partial charge in [0, 0.05) is 34.4 Å². The van der Waals surface area contributed by atoms with Gasteiger partial charge in [-0.2, -0.15) is 0 Å². The highest BCUT2D eigenvalue weighted by molar-refractivity contribution is 6.08. The van der Waals surface area contributed by atoms with E-state index in [1.54, 1.807) is 0 Å². The fourth-order valence-electron chi connectivity index (χ4n) is 5.03. The molecule has 0 aromatic heterocycles. The van der Waals surface area contributed by atoms with Gasteiger partial charge in [0.1, 0.15) is 11.5 Å². The molecular formula is C33H30O4.